The molecule has 1 saturated heterocycles. The molecule has 0 aromatic carbocycles. The van der Waals surface area contributed by atoms with Gasteiger partial charge in [0.25, 0.3) is 0 Å². The fourth-order valence-corrected chi connectivity index (χ4v) is 5.59. The van der Waals surface area contributed by atoms with Crippen molar-refractivity contribution in [1.82, 2.24) is 10.2 Å². The number of amides is 1. The van der Waals surface area contributed by atoms with E-state index in [0.717, 1.165) is 25.7 Å². The molecule has 0 aromatic heterocycles. The molecule has 1 saturated carbocycles. The predicted octanol–water partition coefficient (Wildman–Crippen LogP) is 3.14. The molecule has 0 bridgehead atoms. The molecule has 1 amide bonds. The highest BCUT2D eigenvalue weighted by Gasteiger charge is 2.39. The lowest BCUT2D eigenvalue weighted by Crippen LogP contribution is -2.53. The lowest BCUT2D eigenvalue weighted by molar-refractivity contribution is -0.0326. The first kappa shape index (κ1) is 23.6. The molecule has 0 aromatic rings. The van der Waals surface area contributed by atoms with Gasteiger partial charge in [-0.15, -0.1) is 0 Å². The molecule has 164 valence electrons. The second-order valence-electron chi connectivity index (χ2n) is 8.98. The Labute approximate surface area is 168 Å². The Hall–Kier alpha value is -0.660. The highest BCUT2D eigenvalue weighted by Crippen LogP contribution is 2.56. The zero-order chi connectivity index (χ0) is 21.0. The van der Waals surface area contributed by atoms with E-state index in [1.54, 1.807) is 4.90 Å². The minimum atomic E-state index is -3.00. The molecular weight excluding hydrogens is 383 g/mol. The van der Waals surface area contributed by atoms with Crippen LogP contribution in [-0.4, -0.2) is 72.9 Å². The van der Waals surface area contributed by atoms with Gasteiger partial charge in [0.1, 0.15) is 5.60 Å². The van der Waals surface area contributed by atoms with Gasteiger partial charge in [0.15, 0.2) is 0 Å². The number of hydrogen-bond donors (Lipinski definition) is 2. The Morgan fingerprint density at radius 2 is 1.68 bits per heavy atom. The van der Waals surface area contributed by atoms with Crippen LogP contribution < -0.4 is 5.32 Å². The van der Waals surface area contributed by atoms with Crippen LogP contribution >= 0.6 is 7.60 Å². The van der Waals surface area contributed by atoms with Crippen molar-refractivity contribution in [1.29, 1.82) is 0 Å². The lowest BCUT2D eigenvalue weighted by atomic mass is 9.89. The van der Waals surface area contributed by atoms with Gasteiger partial charge in [-0.05, 0) is 59.3 Å². The molecule has 8 nitrogen and oxygen atoms in total. The third kappa shape index (κ3) is 6.42. The van der Waals surface area contributed by atoms with Gasteiger partial charge >= 0.3 is 13.7 Å². The van der Waals surface area contributed by atoms with Crippen molar-refractivity contribution in [2.75, 3.05) is 33.9 Å². The molecule has 1 aliphatic carbocycles. The fraction of sp³-hybridized carbons (Fsp3) is 0.947. The van der Waals surface area contributed by atoms with Crippen molar-refractivity contribution in [3.8, 4) is 0 Å². The summed E-state index contributed by atoms with van der Waals surface area (Å²) in [5.41, 5.74) is -1.38. The van der Waals surface area contributed by atoms with Crippen LogP contribution in [0.2, 0.25) is 0 Å². The highest BCUT2D eigenvalue weighted by molar-refractivity contribution is 7.54. The predicted molar refractivity (Wildman–Crippen MR) is 108 cm³/mol. The highest BCUT2D eigenvalue weighted by atomic mass is 31.2. The van der Waals surface area contributed by atoms with Gasteiger partial charge in [0, 0.05) is 39.9 Å². The first-order valence-corrected chi connectivity index (χ1v) is 11.8. The molecule has 0 unspecified atom stereocenters. The average molecular weight is 420 g/mol. The third-order valence-corrected chi connectivity index (χ3v) is 8.15. The number of carbonyl (C=O) groups is 1. The Balaban J connectivity index is 1.74. The van der Waals surface area contributed by atoms with Crippen molar-refractivity contribution >= 4 is 13.7 Å². The van der Waals surface area contributed by atoms with Gasteiger partial charge in [0.2, 0.25) is 0 Å². The number of rotatable bonds is 6. The topological polar surface area (TPSA) is 97.3 Å². The molecular formula is C19H37N2O6P. The maximum atomic E-state index is 12.5. The van der Waals surface area contributed by atoms with Crippen LogP contribution in [0.1, 0.15) is 59.3 Å². The Bertz CT molecular complexity index is 555. The summed E-state index contributed by atoms with van der Waals surface area (Å²) in [6.07, 6.45) is 4.04. The zero-order valence-electron chi connectivity index (χ0n) is 17.9. The van der Waals surface area contributed by atoms with E-state index in [-0.39, 0.29) is 17.8 Å². The maximum absolute atomic E-state index is 12.5. The number of hydrogen-bond acceptors (Lipinski definition) is 7. The largest absolute Gasteiger partial charge is 0.444 e. The third-order valence-electron chi connectivity index (χ3n) is 5.72. The standard InChI is InChI=1S/C19H37N2O6P/c1-18(2,3)27-17(22)21-12-10-19(23,11-13-21)14-20-15-6-8-16(9-7-15)28(24,25-4)26-5/h15-16,20,23H,6-14H2,1-5H3. The van der Waals surface area contributed by atoms with Crippen LogP contribution in [0.3, 0.4) is 0 Å². The van der Waals surface area contributed by atoms with Crippen LogP contribution in [-0.2, 0) is 18.3 Å². The molecule has 2 rings (SSSR count). The van der Waals surface area contributed by atoms with Gasteiger partial charge in [-0.25, -0.2) is 4.79 Å². The van der Waals surface area contributed by atoms with Crippen molar-refractivity contribution < 1.29 is 28.3 Å². The molecule has 2 aliphatic rings. The van der Waals surface area contributed by atoms with E-state index < -0.39 is 18.8 Å². The number of piperidine rings is 1. The smallest absolute Gasteiger partial charge is 0.410 e. The van der Waals surface area contributed by atoms with E-state index in [1.807, 2.05) is 20.8 Å². The molecule has 2 fully saturated rings. The van der Waals surface area contributed by atoms with Gasteiger partial charge in [-0.3, -0.25) is 4.57 Å². The quantitative estimate of drug-likeness (QED) is 0.637. The van der Waals surface area contributed by atoms with Gasteiger partial charge in [0.05, 0.1) is 11.3 Å². The van der Waals surface area contributed by atoms with Crippen LogP contribution in [0.5, 0.6) is 0 Å². The van der Waals surface area contributed by atoms with E-state index >= 15 is 0 Å². The molecule has 0 atom stereocenters. The Morgan fingerprint density at radius 1 is 1.14 bits per heavy atom. The minimum Gasteiger partial charge on any atom is -0.444 e. The fourth-order valence-electron chi connectivity index (χ4n) is 3.91. The van der Waals surface area contributed by atoms with E-state index in [4.69, 9.17) is 13.8 Å². The molecule has 1 heterocycles. The monoisotopic (exact) mass is 420 g/mol. The second kappa shape index (κ2) is 9.43. The summed E-state index contributed by atoms with van der Waals surface area (Å²) in [5.74, 6) is 0. The summed E-state index contributed by atoms with van der Waals surface area (Å²) in [4.78, 5) is 13.8. The van der Waals surface area contributed by atoms with E-state index in [9.17, 15) is 14.5 Å². The van der Waals surface area contributed by atoms with E-state index in [2.05, 4.69) is 5.32 Å². The minimum absolute atomic E-state index is 0.0549. The summed E-state index contributed by atoms with van der Waals surface area (Å²) in [6.45, 7) is 7.03. The van der Waals surface area contributed by atoms with Gasteiger partial charge in [-0.2, -0.15) is 0 Å². The second-order valence-corrected chi connectivity index (χ2v) is 11.5. The average Bonchev–Trinajstić information content (AvgIpc) is 2.65. The SMILES string of the molecule is COP(=O)(OC)C1CCC(NCC2(O)CCN(C(=O)OC(C)(C)C)CC2)CC1. The number of aliphatic hydroxyl groups is 1. The number of likely N-dealkylation sites (tertiary alicyclic amines) is 1. The lowest BCUT2D eigenvalue weighted by Gasteiger charge is -2.40. The van der Waals surface area contributed by atoms with E-state index in [1.165, 1.54) is 14.2 Å². The molecule has 2 N–H and O–H groups in total. The summed E-state index contributed by atoms with van der Waals surface area (Å²) in [6, 6.07) is 0.284. The van der Waals surface area contributed by atoms with Crippen LogP contribution in [0.25, 0.3) is 0 Å². The molecule has 0 radical (unpaired) electrons. The number of nitrogens with one attached hydrogen (secondary N) is 1. The molecule has 1 aliphatic heterocycles. The van der Waals surface area contributed by atoms with Crippen LogP contribution in [0.15, 0.2) is 0 Å². The summed E-state index contributed by atoms with van der Waals surface area (Å²) >= 11 is 0. The Kier molecular flexibility index (Phi) is 7.96. The molecule has 28 heavy (non-hydrogen) atoms. The first-order chi connectivity index (χ1) is 13.0. The van der Waals surface area contributed by atoms with Crippen molar-refractivity contribution in [2.45, 2.75) is 82.2 Å². The number of carbonyl (C=O) groups excluding carboxylic acids is 1. The van der Waals surface area contributed by atoms with Crippen LogP contribution in [0, 0.1) is 0 Å². The Morgan fingerprint density at radius 3 is 2.14 bits per heavy atom. The number of ether oxygens (including phenoxy) is 1. The summed E-state index contributed by atoms with van der Waals surface area (Å²) < 4.78 is 28.1. The zero-order valence-corrected chi connectivity index (χ0v) is 18.8. The summed E-state index contributed by atoms with van der Waals surface area (Å²) in [7, 11) is -0.123. The normalized spacial score (nSPS) is 26.1. The first-order valence-electron chi connectivity index (χ1n) is 10.2. The van der Waals surface area contributed by atoms with E-state index in [0.29, 0.717) is 32.5 Å². The van der Waals surface area contributed by atoms with Crippen molar-refractivity contribution in [3.05, 3.63) is 0 Å². The van der Waals surface area contributed by atoms with Gasteiger partial charge in [-0.1, -0.05) is 0 Å². The maximum Gasteiger partial charge on any atom is 0.410 e. The van der Waals surface area contributed by atoms with Gasteiger partial charge < -0.3 is 29.1 Å². The molecule has 0 spiro atoms. The van der Waals surface area contributed by atoms with Crippen molar-refractivity contribution in [3.63, 3.8) is 0 Å². The summed E-state index contributed by atoms with van der Waals surface area (Å²) in [5, 5.41) is 14.3. The number of nitrogens with zero attached hydrogens (tertiary/aromatic N) is 1. The molecule has 9 heteroatoms. The van der Waals surface area contributed by atoms with Crippen molar-refractivity contribution in [2.24, 2.45) is 0 Å². The van der Waals surface area contributed by atoms with Crippen LogP contribution in [0.4, 0.5) is 4.79 Å².